The van der Waals surface area contributed by atoms with Gasteiger partial charge < -0.3 is 15.2 Å². The number of para-hydroxylation sites is 1. The number of aromatic nitrogens is 1. The predicted octanol–water partition coefficient (Wildman–Crippen LogP) is 3.50. The molecule has 1 saturated carbocycles. The van der Waals surface area contributed by atoms with Gasteiger partial charge in [0.2, 0.25) is 0 Å². The minimum atomic E-state index is 0.152. The number of carbonyl (C=O) groups excluding carboxylic acids is 1. The molecule has 3 unspecified atom stereocenters. The second-order valence-corrected chi connectivity index (χ2v) is 8.05. The van der Waals surface area contributed by atoms with Gasteiger partial charge in [0.05, 0.1) is 5.56 Å². The highest BCUT2D eigenvalue weighted by atomic mass is 16.2. The van der Waals surface area contributed by atoms with Crippen molar-refractivity contribution in [3.05, 3.63) is 71.9 Å². The van der Waals surface area contributed by atoms with Gasteiger partial charge >= 0.3 is 0 Å². The molecule has 1 aliphatic carbocycles. The maximum Gasteiger partial charge on any atom is 0.256 e. The molecule has 2 N–H and O–H groups in total. The minimum absolute atomic E-state index is 0.152. The second kappa shape index (κ2) is 6.54. The Morgan fingerprint density at radius 3 is 2.59 bits per heavy atom. The van der Waals surface area contributed by atoms with Crippen molar-refractivity contribution in [2.45, 2.75) is 25.4 Å². The molecule has 1 saturated heterocycles. The van der Waals surface area contributed by atoms with E-state index in [9.17, 15) is 4.79 Å². The minimum Gasteiger partial charge on any atom is -0.342 e. The summed E-state index contributed by atoms with van der Waals surface area (Å²) in [6, 6.07) is 18.9. The normalized spacial score (nSPS) is 24.5. The molecule has 1 amide bonds. The molecule has 4 nitrogen and oxygen atoms in total. The number of hydrogen-bond donors (Lipinski definition) is 1. The highest BCUT2D eigenvalue weighted by Crippen LogP contribution is 2.38. The van der Waals surface area contributed by atoms with Gasteiger partial charge in [-0.25, -0.2) is 0 Å². The molecule has 1 aromatic heterocycles. The number of carbonyl (C=O) groups is 1. The molecule has 3 atom stereocenters. The third kappa shape index (κ3) is 2.85. The average Bonchev–Trinajstić information content (AvgIpc) is 3.37. The van der Waals surface area contributed by atoms with Crippen molar-refractivity contribution >= 4 is 16.8 Å². The number of nitrogens with zero attached hydrogens (tertiary/aromatic N) is 2. The Bertz CT molecular complexity index is 978. The fourth-order valence-corrected chi connectivity index (χ4v) is 4.97. The lowest BCUT2D eigenvalue weighted by Crippen LogP contribution is -2.33. The molecule has 1 aliphatic heterocycles. The second-order valence-electron chi connectivity index (χ2n) is 8.05. The van der Waals surface area contributed by atoms with Crippen LogP contribution in [0.15, 0.2) is 60.8 Å². The number of rotatable bonds is 3. The zero-order valence-corrected chi connectivity index (χ0v) is 15.4. The van der Waals surface area contributed by atoms with Crippen LogP contribution in [-0.2, 0) is 6.54 Å². The first-order valence-electron chi connectivity index (χ1n) is 9.87. The van der Waals surface area contributed by atoms with Crippen LogP contribution in [0.1, 0.15) is 28.8 Å². The Labute approximate surface area is 159 Å². The quantitative estimate of drug-likeness (QED) is 0.778. The summed E-state index contributed by atoms with van der Waals surface area (Å²) in [6.07, 6.45) is 4.30. The summed E-state index contributed by atoms with van der Waals surface area (Å²) in [5.74, 6) is 1.22. The van der Waals surface area contributed by atoms with E-state index < -0.39 is 0 Å². The van der Waals surface area contributed by atoms with Crippen molar-refractivity contribution in [1.29, 1.82) is 0 Å². The molecule has 138 valence electrons. The first-order chi connectivity index (χ1) is 13.2. The third-order valence-electron chi connectivity index (χ3n) is 6.41. The molecule has 2 fully saturated rings. The van der Waals surface area contributed by atoms with Gasteiger partial charge in [-0.3, -0.25) is 4.79 Å². The number of hydrogen-bond acceptors (Lipinski definition) is 2. The molecule has 3 aromatic rings. The van der Waals surface area contributed by atoms with Gasteiger partial charge in [0.1, 0.15) is 0 Å². The van der Waals surface area contributed by atoms with Gasteiger partial charge in [0.15, 0.2) is 0 Å². The molecule has 27 heavy (non-hydrogen) atoms. The smallest absolute Gasteiger partial charge is 0.256 e. The lowest BCUT2D eigenvalue weighted by molar-refractivity contribution is 0.0781. The van der Waals surface area contributed by atoms with E-state index in [1.807, 2.05) is 29.3 Å². The SMILES string of the molecule is NC1CCC2CN(C(=O)c3cn(Cc4ccccc4)c4ccccc34)CC12. The Kier molecular flexibility index (Phi) is 4.01. The summed E-state index contributed by atoms with van der Waals surface area (Å²) >= 11 is 0. The van der Waals surface area contributed by atoms with Crippen LogP contribution in [0, 0.1) is 11.8 Å². The summed E-state index contributed by atoms with van der Waals surface area (Å²) in [6.45, 7) is 2.43. The summed E-state index contributed by atoms with van der Waals surface area (Å²) in [4.78, 5) is 15.4. The Hall–Kier alpha value is -2.59. The standard InChI is InChI=1S/C23H25N3O/c24-21-11-10-17-13-26(14-19(17)21)23(27)20-15-25(12-16-6-2-1-3-7-16)22-9-5-4-8-18(20)22/h1-9,15,17,19,21H,10-14,24H2. The van der Waals surface area contributed by atoms with Crippen molar-refractivity contribution < 1.29 is 4.79 Å². The van der Waals surface area contributed by atoms with E-state index in [1.165, 1.54) is 5.56 Å². The number of likely N-dealkylation sites (tertiary alicyclic amines) is 1. The Balaban J connectivity index is 1.47. The van der Waals surface area contributed by atoms with Crippen LogP contribution in [0.25, 0.3) is 10.9 Å². The zero-order valence-electron chi connectivity index (χ0n) is 15.4. The monoisotopic (exact) mass is 359 g/mol. The molecule has 2 aliphatic rings. The summed E-state index contributed by atoms with van der Waals surface area (Å²) in [5.41, 5.74) is 9.42. The fourth-order valence-electron chi connectivity index (χ4n) is 4.97. The lowest BCUT2D eigenvalue weighted by Gasteiger charge is -2.18. The Morgan fingerprint density at radius 2 is 1.78 bits per heavy atom. The van der Waals surface area contributed by atoms with Crippen LogP contribution in [0.2, 0.25) is 0 Å². The van der Waals surface area contributed by atoms with Gasteiger partial charge in [-0.1, -0.05) is 48.5 Å². The summed E-state index contributed by atoms with van der Waals surface area (Å²) < 4.78 is 2.19. The van der Waals surface area contributed by atoms with Gasteiger partial charge in [-0.05, 0) is 36.3 Å². The molecular formula is C23H25N3O. The first kappa shape index (κ1) is 16.6. The average molecular weight is 359 g/mol. The van der Waals surface area contributed by atoms with E-state index in [4.69, 9.17) is 5.73 Å². The largest absolute Gasteiger partial charge is 0.342 e. The van der Waals surface area contributed by atoms with E-state index in [2.05, 4.69) is 41.0 Å². The molecule has 4 heteroatoms. The van der Waals surface area contributed by atoms with Gasteiger partial charge in [0, 0.05) is 42.8 Å². The van der Waals surface area contributed by atoms with Crippen molar-refractivity contribution in [3.8, 4) is 0 Å². The number of benzene rings is 2. The van der Waals surface area contributed by atoms with E-state index in [-0.39, 0.29) is 11.9 Å². The summed E-state index contributed by atoms with van der Waals surface area (Å²) in [5, 5.41) is 1.04. The Morgan fingerprint density at radius 1 is 1.00 bits per heavy atom. The maximum atomic E-state index is 13.3. The highest BCUT2D eigenvalue weighted by Gasteiger charge is 2.42. The lowest BCUT2D eigenvalue weighted by atomic mass is 9.98. The van der Waals surface area contributed by atoms with Crippen LogP contribution in [-0.4, -0.2) is 34.5 Å². The number of amides is 1. The van der Waals surface area contributed by atoms with Crippen molar-refractivity contribution in [2.24, 2.45) is 17.6 Å². The van der Waals surface area contributed by atoms with Gasteiger partial charge in [-0.15, -0.1) is 0 Å². The molecular weight excluding hydrogens is 334 g/mol. The van der Waals surface area contributed by atoms with Crippen LogP contribution < -0.4 is 5.73 Å². The van der Waals surface area contributed by atoms with Crippen molar-refractivity contribution in [3.63, 3.8) is 0 Å². The van der Waals surface area contributed by atoms with Gasteiger partial charge in [-0.2, -0.15) is 0 Å². The van der Waals surface area contributed by atoms with Crippen molar-refractivity contribution in [2.75, 3.05) is 13.1 Å². The molecule has 2 aromatic carbocycles. The molecule has 2 heterocycles. The number of fused-ring (bicyclic) bond motifs is 2. The maximum absolute atomic E-state index is 13.3. The number of nitrogens with two attached hydrogens (primary N) is 1. The van der Waals surface area contributed by atoms with Crippen molar-refractivity contribution in [1.82, 2.24) is 9.47 Å². The van der Waals surface area contributed by atoms with Gasteiger partial charge in [0.25, 0.3) is 5.91 Å². The topological polar surface area (TPSA) is 51.3 Å². The summed E-state index contributed by atoms with van der Waals surface area (Å²) in [7, 11) is 0. The highest BCUT2D eigenvalue weighted by molar-refractivity contribution is 6.07. The molecule has 5 rings (SSSR count). The van der Waals surface area contributed by atoms with Crippen LogP contribution in [0.4, 0.5) is 0 Å². The van der Waals surface area contributed by atoms with Crippen LogP contribution in [0.5, 0.6) is 0 Å². The van der Waals surface area contributed by atoms with E-state index in [0.717, 1.165) is 48.9 Å². The molecule has 0 radical (unpaired) electrons. The molecule has 0 bridgehead atoms. The molecule has 0 spiro atoms. The van der Waals surface area contributed by atoms with Crippen LogP contribution >= 0.6 is 0 Å². The third-order valence-corrected chi connectivity index (χ3v) is 6.41. The van der Waals surface area contributed by atoms with E-state index >= 15 is 0 Å². The fraction of sp³-hybridized carbons (Fsp3) is 0.348. The zero-order chi connectivity index (χ0) is 18.4. The van der Waals surface area contributed by atoms with E-state index in [0.29, 0.717) is 11.8 Å². The van der Waals surface area contributed by atoms with Crippen LogP contribution in [0.3, 0.4) is 0 Å². The first-order valence-corrected chi connectivity index (χ1v) is 9.87. The predicted molar refractivity (Wildman–Crippen MR) is 108 cm³/mol. The van der Waals surface area contributed by atoms with E-state index in [1.54, 1.807) is 0 Å².